The van der Waals surface area contributed by atoms with Gasteiger partial charge in [0.25, 0.3) is 0 Å². The molecule has 5 heteroatoms. The highest BCUT2D eigenvalue weighted by molar-refractivity contribution is 5.99. The van der Waals surface area contributed by atoms with E-state index in [-0.39, 0.29) is 12.3 Å². The van der Waals surface area contributed by atoms with E-state index in [0.717, 1.165) is 24.2 Å². The topological polar surface area (TPSA) is 51.0 Å². The second-order valence-electron chi connectivity index (χ2n) is 6.21. The molecule has 0 saturated heterocycles. The van der Waals surface area contributed by atoms with Crippen LogP contribution >= 0.6 is 0 Å². The Morgan fingerprint density at radius 2 is 1.84 bits per heavy atom. The Morgan fingerprint density at radius 3 is 2.64 bits per heavy atom. The minimum absolute atomic E-state index is 0.0587. The molecular formula is C20H20N4O. The minimum atomic E-state index is 0.0587. The van der Waals surface area contributed by atoms with Crippen molar-refractivity contribution in [3.63, 3.8) is 0 Å². The van der Waals surface area contributed by atoms with Gasteiger partial charge in [0.05, 0.1) is 17.8 Å². The molecule has 0 aliphatic carbocycles. The number of para-hydroxylation sites is 1. The summed E-state index contributed by atoms with van der Waals surface area (Å²) in [4.78, 5) is 14.9. The zero-order valence-corrected chi connectivity index (χ0v) is 14.2. The molecule has 0 radical (unpaired) electrons. The Labute approximate surface area is 146 Å². The van der Waals surface area contributed by atoms with Crippen LogP contribution in [0.1, 0.15) is 18.2 Å². The van der Waals surface area contributed by atoms with Crippen molar-refractivity contribution >= 4 is 11.6 Å². The van der Waals surface area contributed by atoms with E-state index in [2.05, 4.69) is 40.6 Å². The summed E-state index contributed by atoms with van der Waals surface area (Å²) in [6, 6.07) is 16.5. The van der Waals surface area contributed by atoms with Crippen LogP contribution in [0.4, 0.5) is 5.69 Å². The van der Waals surface area contributed by atoms with Crippen molar-refractivity contribution in [1.29, 1.82) is 0 Å². The summed E-state index contributed by atoms with van der Waals surface area (Å²) in [6.45, 7) is 3.43. The molecule has 2 heterocycles. The summed E-state index contributed by atoms with van der Waals surface area (Å²) in [5.41, 5.74) is 5.29. The first-order chi connectivity index (χ1) is 12.3. The van der Waals surface area contributed by atoms with Crippen LogP contribution in [0, 0.1) is 0 Å². The maximum absolute atomic E-state index is 13.0. The van der Waals surface area contributed by atoms with Gasteiger partial charge in [-0.05, 0) is 30.5 Å². The average Bonchev–Trinajstić information content (AvgIpc) is 3.03. The molecule has 0 spiro atoms. The van der Waals surface area contributed by atoms with E-state index in [9.17, 15) is 4.79 Å². The Hall–Kier alpha value is -2.95. The number of amides is 1. The van der Waals surface area contributed by atoms with Gasteiger partial charge in [-0.1, -0.05) is 47.7 Å². The van der Waals surface area contributed by atoms with Crippen LogP contribution in [0.25, 0.3) is 11.1 Å². The average molecular weight is 332 g/mol. The highest BCUT2D eigenvalue weighted by Crippen LogP contribution is 2.36. The smallest absolute Gasteiger partial charge is 0.233 e. The quantitative estimate of drug-likeness (QED) is 0.740. The van der Waals surface area contributed by atoms with Gasteiger partial charge in [-0.25, -0.2) is 0 Å². The van der Waals surface area contributed by atoms with Crippen molar-refractivity contribution in [2.24, 2.45) is 0 Å². The lowest BCUT2D eigenvalue weighted by Gasteiger charge is -2.22. The van der Waals surface area contributed by atoms with Gasteiger partial charge in [0.2, 0.25) is 5.91 Å². The second kappa shape index (κ2) is 6.51. The molecule has 1 amide bonds. The maximum atomic E-state index is 13.0. The van der Waals surface area contributed by atoms with Gasteiger partial charge >= 0.3 is 0 Å². The molecule has 1 aliphatic heterocycles. The summed E-state index contributed by atoms with van der Waals surface area (Å²) in [6.07, 6.45) is 2.96. The van der Waals surface area contributed by atoms with Crippen molar-refractivity contribution < 1.29 is 4.79 Å². The van der Waals surface area contributed by atoms with E-state index in [1.807, 2.05) is 36.2 Å². The number of hydrogen-bond acceptors (Lipinski definition) is 3. The van der Waals surface area contributed by atoms with Gasteiger partial charge in [0.1, 0.15) is 0 Å². The normalized spacial score (nSPS) is 13.1. The summed E-state index contributed by atoms with van der Waals surface area (Å²) in [7, 11) is 0. The van der Waals surface area contributed by atoms with Crippen LogP contribution in [0.3, 0.4) is 0 Å². The molecule has 4 rings (SSSR count). The van der Waals surface area contributed by atoms with Crippen molar-refractivity contribution in [1.82, 2.24) is 15.0 Å². The number of hydrogen-bond donors (Lipinski definition) is 0. The van der Waals surface area contributed by atoms with Crippen LogP contribution < -0.4 is 4.90 Å². The maximum Gasteiger partial charge on any atom is 0.233 e. The fourth-order valence-corrected chi connectivity index (χ4v) is 3.37. The van der Waals surface area contributed by atoms with Gasteiger partial charge in [0.15, 0.2) is 0 Å². The van der Waals surface area contributed by atoms with Gasteiger partial charge < -0.3 is 4.90 Å². The summed E-state index contributed by atoms with van der Waals surface area (Å²) < 4.78 is 1.74. The van der Waals surface area contributed by atoms with Crippen molar-refractivity contribution in [3.8, 4) is 11.1 Å². The lowest BCUT2D eigenvalue weighted by molar-refractivity contribution is -0.118. The molecule has 126 valence electrons. The molecule has 25 heavy (non-hydrogen) atoms. The lowest BCUT2D eigenvalue weighted by atomic mass is 9.98. The number of aromatic nitrogens is 3. The summed E-state index contributed by atoms with van der Waals surface area (Å²) >= 11 is 0. The molecule has 0 atom stereocenters. The van der Waals surface area contributed by atoms with Gasteiger partial charge in [-0.15, -0.1) is 5.10 Å². The van der Waals surface area contributed by atoms with Crippen molar-refractivity contribution in [2.75, 3.05) is 11.4 Å². The number of anilines is 1. The van der Waals surface area contributed by atoms with E-state index < -0.39 is 0 Å². The number of aryl methyl sites for hydroxylation is 1. The van der Waals surface area contributed by atoms with E-state index in [1.165, 1.54) is 11.1 Å². The Bertz CT molecular complexity index is 915. The zero-order valence-electron chi connectivity index (χ0n) is 14.2. The zero-order chi connectivity index (χ0) is 17.2. The van der Waals surface area contributed by atoms with Crippen LogP contribution in [-0.2, 0) is 24.2 Å². The first-order valence-corrected chi connectivity index (χ1v) is 8.63. The Kier molecular flexibility index (Phi) is 4.06. The molecule has 5 nitrogen and oxygen atoms in total. The molecule has 0 N–H and O–H groups in total. The highest BCUT2D eigenvalue weighted by Gasteiger charge is 2.24. The van der Waals surface area contributed by atoms with Crippen LogP contribution in [-0.4, -0.2) is 27.4 Å². The van der Waals surface area contributed by atoms with Gasteiger partial charge in [-0.2, -0.15) is 0 Å². The molecule has 0 bridgehead atoms. The Morgan fingerprint density at radius 1 is 1.08 bits per heavy atom. The van der Waals surface area contributed by atoms with Gasteiger partial charge in [0, 0.05) is 24.8 Å². The number of carbonyl (C=O) groups excluding carboxylic acids is 1. The van der Waals surface area contributed by atoms with E-state index >= 15 is 0 Å². The molecular weight excluding hydrogens is 312 g/mol. The number of benzene rings is 2. The van der Waals surface area contributed by atoms with E-state index in [0.29, 0.717) is 12.2 Å². The molecule has 3 aromatic rings. The third-order valence-corrected chi connectivity index (χ3v) is 4.65. The third-order valence-electron chi connectivity index (χ3n) is 4.65. The summed E-state index contributed by atoms with van der Waals surface area (Å²) in [5, 5.41) is 8.13. The molecule has 2 aromatic carbocycles. The largest absolute Gasteiger partial charge is 0.311 e. The van der Waals surface area contributed by atoms with Crippen LogP contribution in [0.15, 0.2) is 54.7 Å². The SMILES string of the molecule is CCn1cc(CC(=O)N2CCc3ccccc3-c3ccccc32)nn1. The second-order valence-corrected chi connectivity index (χ2v) is 6.21. The predicted octanol–water partition coefficient (Wildman–Crippen LogP) is 3.10. The van der Waals surface area contributed by atoms with Crippen molar-refractivity contribution in [2.45, 2.75) is 26.3 Å². The number of rotatable bonds is 3. The fraction of sp³-hybridized carbons (Fsp3) is 0.250. The first kappa shape index (κ1) is 15.6. The monoisotopic (exact) mass is 332 g/mol. The lowest BCUT2D eigenvalue weighted by Crippen LogP contribution is -2.33. The molecule has 0 unspecified atom stereocenters. The standard InChI is InChI=1S/C20H20N4O/c1-2-23-14-16(21-22-23)13-20(25)24-12-11-15-7-3-4-8-17(15)18-9-5-6-10-19(18)24/h3-10,14H,2,11-13H2,1H3. The van der Waals surface area contributed by atoms with Crippen molar-refractivity contribution in [3.05, 3.63) is 66.0 Å². The van der Waals surface area contributed by atoms with Gasteiger partial charge in [-0.3, -0.25) is 9.48 Å². The molecule has 0 saturated carbocycles. The number of nitrogens with zero attached hydrogens (tertiary/aromatic N) is 4. The van der Waals surface area contributed by atoms with E-state index in [4.69, 9.17) is 0 Å². The Balaban J connectivity index is 1.68. The number of fused-ring (bicyclic) bond motifs is 3. The van der Waals surface area contributed by atoms with Crippen LogP contribution in [0.2, 0.25) is 0 Å². The highest BCUT2D eigenvalue weighted by atomic mass is 16.2. The molecule has 1 aromatic heterocycles. The van der Waals surface area contributed by atoms with Crippen LogP contribution in [0.5, 0.6) is 0 Å². The first-order valence-electron chi connectivity index (χ1n) is 8.63. The van der Waals surface area contributed by atoms with E-state index in [1.54, 1.807) is 4.68 Å². The third kappa shape index (κ3) is 2.93. The minimum Gasteiger partial charge on any atom is -0.311 e. The summed E-state index contributed by atoms with van der Waals surface area (Å²) in [5.74, 6) is 0.0587. The number of carbonyl (C=O) groups is 1. The molecule has 0 fully saturated rings. The predicted molar refractivity (Wildman–Crippen MR) is 97.3 cm³/mol. The fourth-order valence-electron chi connectivity index (χ4n) is 3.37. The molecule has 1 aliphatic rings.